The highest BCUT2D eigenvalue weighted by molar-refractivity contribution is 5.32. The molecule has 1 aromatic carbocycles. The van der Waals surface area contributed by atoms with Gasteiger partial charge >= 0.3 is 0 Å². The Morgan fingerprint density at radius 1 is 1.19 bits per heavy atom. The lowest BCUT2D eigenvalue weighted by Crippen LogP contribution is -2.24. The van der Waals surface area contributed by atoms with E-state index in [-0.39, 0.29) is 6.10 Å². The van der Waals surface area contributed by atoms with Crippen molar-refractivity contribution in [3.63, 3.8) is 0 Å². The van der Waals surface area contributed by atoms with Gasteiger partial charge in [0, 0.05) is 5.92 Å². The zero-order valence-electron chi connectivity index (χ0n) is 10.3. The smallest absolute Gasteiger partial charge is 0.0631 e. The highest BCUT2D eigenvalue weighted by atomic mass is 16.3. The van der Waals surface area contributed by atoms with Crippen molar-refractivity contribution in [3.05, 3.63) is 35.4 Å². The summed E-state index contributed by atoms with van der Waals surface area (Å²) in [6.45, 7) is 4.22. The number of benzene rings is 1. The van der Waals surface area contributed by atoms with Crippen LogP contribution in [0.25, 0.3) is 0 Å². The quantitative estimate of drug-likeness (QED) is 0.753. The van der Waals surface area contributed by atoms with Crippen LogP contribution in [0.1, 0.15) is 50.2 Å². The largest absolute Gasteiger partial charge is 0.392 e. The summed E-state index contributed by atoms with van der Waals surface area (Å²) in [6.07, 6.45) is 4.62. The third-order valence-corrected chi connectivity index (χ3v) is 3.76. The van der Waals surface area contributed by atoms with Gasteiger partial charge in [-0.15, -0.1) is 0 Å². The molecule has 0 bridgehead atoms. The summed E-state index contributed by atoms with van der Waals surface area (Å²) in [5.74, 6) is 0.690. The molecule has 88 valence electrons. The minimum Gasteiger partial charge on any atom is -0.392 e. The summed E-state index contributed by atoms with van der Waals surface area (Å²) >= 11 is 0. The van der Waals surface area contributed by atoms with Crippen molar-refractivity contribution >= 4 is 0 Å². The van der Waals surface area contributed by atoms with Crippen LogP contribution in [0.4, 0.5) is 0 Å². The van der Waals surface area contributed by atoms with Crippen molar-refractivity contribution in [2.75, 3.05) is 0 Å². The van der Waals surface area contributed by atoms with Crippen LogP contribution in [0.3, 0.4) is 0 Å². The molecule has 1 aliphatic carbocycles. The lowest BCUT2D eigenvalue weighted by Gasteiger charge is -2.26. The minimum absolute atomic E-state index is 0.195. The topological polar surface area (TPSA) is 20.2 Å². The fraction of sp³-hybridized carbons (Fsp3) is 0.600. The molecule has 0 aliphatic heterocycles. The van der Waals surface area contributed by atoms with Gasteiger partial charge in [0.1, 0.15) is 0 Å². The number of aliphatic hydroxyl groups is 1. The Balaban J connectivity index is 2.32. The lowest BCUT2D eigenvalue weighted by atomic mass is 9.83. The second-order valence-electron chi connectivity index (χ2n) is 5.29. The molecule has 0 fully saturated rings. The Morgan fingerprint density at radius 3 is 2.69 bits per heavy atom. The van der Waals surface area contributed by atoms with E-state index in [1.807, 2.05) is 0 Å². The van der Waals surface area contributed by atoms with Crippen LogP contribution in [0.15, 0.2) is 24.3 Å². The Hall–Kier alpha value is -0.820. The first-order chi connectivity index (χ1) is 7.70. The van der Waals surface area contributed by atoms with E-state index in [0.717, 1.165) is 6.42 Å². The van der Waals surface area contributed by atoms with Crippen molar-refractivity contribution in [1.29, 1.82) is 0 Å². The van der Waals surface area contributed by atoms with Gasteiger partial charge in [0.25, 0.3) is 0 Å². The molecular formula is C15H22O. The maximum atomic E-state index is 10.3. The molecule has 0 radical (unpaired) electrons. The van der Waals surface area contributed by atoms with Crippen LogP contribution in [-0.2, 0) is 6.42 Å². The van der Waals surface area contributed by atoms with E-state index in [4.69, 9.17) is 0 Å². The number of hydrogen-bond donors (Lipinski definition) is 1. The van der Waals surface area contributed by atoms with Crippen molar-refractivity contribution in [2.24, 2.45) is 5.92 Å². The van der Waals surface area contributed by atoms with E-state index in [1.54, 1.807) is 0 Å². The maximum Gasteiger partial charge on any atom is 0.0631 e. The van der Waals surface area contributed by atoms with Gasteiger partial charge in [0.2, 0.25) is 0 Å². The van der Waals surface area contributed by atoms with E-state index in [9.17, 15) is 5.11 Å². The fourth-order valence-corrected chi connectivity index (χ4v) is 2.78. The monoisotopic (exact) mass is 218 g/mol. The van der Waals surface area contributed by atoms with E-state index in [0.29, 0.717) is 11.8 Å². The lowest BCUT2D eigenvalue weighted by molar-refractivity contribution is 0.0923. The molecule has 1 heteroatoms. The molecule has 1 aliphatic rings. The van der Waals surface area contributed by atoms with Crippen molar-refractivity contribution in [2.45, 2.75) is 51.6 Å². The molecule has 0 aromatic heterocycles. The third kappa shape index (κ3) is 2.30. The first-order valence-corrected chi connectivity index (χ1v) is 6.46. The van der Waals surface area contributed by atoms with Crippen LogP contribution in [0.5, 0.6) is 0 Å². The summed E-state index contributed by atoms with van der Waals surface area (Å²) in [6, 6.07) is 8.64. The molecule has 0 spiro atoms. The highest BCUT2D eigenvalue weighted by Gasteiger charge is 2.26. The van der Waals surface area contributed by atoms with Crippen LogP contribution in [0.2, 0.25) is 0 Å². The standard InChI is InChI=1S/C15H22O/c1-11(2)15(16)14-10-6-4-8-12-7-3-5-9-13(12)14/h3,5,7,9,11,14-16H,4,6,8,10H2,1-2H3. The fourth-order valence-electron chi connectivity index (χ4n) is 2.78. The van der Waals surface area contributed by atoms with Gasteiger partial charge < -0.3 is 5.11 Å². The zero-order chi connectivity index (χ0) is 11.5. The molecule has 2 rings (SSSR count). The van der Waals surface area contributed by atoms with Gasteiger partial charge in [-0.25, -0.2) is 0 Å². The second-order valence-corrected chi connectivity index (χ2v) is 5.29. The van der Waals surface area contributed by atoms with E-state index >= 15 is 0 Å². The molecule has 2 atom stereocenters. The van der Waals surface area contributed by atoms with Crippen LogP contribution >= 0.6 is 0 Å². The average Bonchev–Trinajstić information content (AvgIpc) is 2.50. The Bertz CT molecular complexity index is 343. The van der Waals surface area contributed by atoms with Crippen LogP contribution < -0.4 is 0 Å². The zero-order valence-corrected chi connectivity index (χ0v) is 10.3. The van der Waals surface area contributed by atoms with Gasteiger partial charge in [-0.05, 0) is 36.3 Å². The van der Waals surface area contributed by atoms with Gasteiger partial charge in [0.05, 0.1) is 6.10 Å². The average molecular weight is 218 g/mol. The molecule has 16 heavy (non-hydrogen) atoms. The highest BCUT2D eigenvalue weighted by Crippen LogP contribution is 2.34. The van der Waals surface area contributed by atoms with Gasteiger partial charge in [-0.2, -0.15) is 0 Å². The van der Waals surface area contributed by atoms with Gasteiger partial charge in [0.15, 0.2) is 0 Å². The molecule has 0 heterocycles. The molecule has 1 nitrogen and oxygen atoms in total. The number of rotatable bonds is 2. The predicted molar refractivity (Wildman–Crippen MR) is 67.6 cm³/mol. The Labute approximate surface area is 98.5 Å². The van der Waals surface area contributed by atoms with Gasteiger partial charge in [-0.1, -0.05) is 44.5 Å². The summed E-state index contributed by atoms with van der Waals surface area (Å²) in [4.78, 5) is 0. The van der Waals surface area contributed by atoms with Crippen LogP contribution in [-0.4, -0.2) is 11.2 Å². The number of aliphatic hydroxyl groups excluding tert-OH is 1. The second kappa shape index (κ2) is 5.01. The van der Waals surface area contributed by atoms with E-state index in [1.165, 1.54) is 30.4 Å². The maximum absolute atomic E-state index is 10.3. The molecule has 0 saturated carbocycles. The SMILES string of the molecule is CC(C)C(O)C1CCCCc2ccccc21. The Kier molecular flexibility index (Phi) is 3.65. The number of aryl methyl sites for hydroxylation is 1. The minimum atomic E-state index is -0.195. The molecule has 2 unspecified atom stereocenters. The molecule has 1 N–H and O–H groups in total. The molecular weight excluding hydrogens is 196 g/mol. The van der Waals surface area contributed by atoms with E-state index < -0.39 is 0 Å². The summed E-state index contributed by atoms with van der Waals surface area (Å²) in [5.41, 5.74) is 2.84. The molecule has 0 amide bonds. The van der Waals surface area contributed by atoms with Crippen molar-refractivity contribution in [1.82, 2.24) is 0 Å². The summed E-state index contributed by atoms with van der Waals surface area (Å²) < 4.78 is 0. The van der Waals surface area contributed by atoms with Crippen molar-refractivity contribution < 1.29 is 5.11 Å². The van der Waals surface area contributed by atoms with Crippen molar-refractivity contribution in [3.8, 4) is 0 Å². The summed E-state index contributed by atoms with van der Waals surface area (Å²) in [7, 11) is 0. The predicted octanol–water partition coefficient (Wildman–Crippen LogP) is 3.51. The number of hydrogen-bond acceptors (Lipinski definition) is 1. The Morgan fingerprint density at radius 2 is 1.94 bits per heavy atom. The first kappa shape index (κ1) is 11.7. The summed E-state index contributed by atoms with van der Waals surface area (Å²) in [5, 5.41) is 10.3. The normalized spacial score (nSPS) is 22.6. The van der Waals surface area contributed by atoms with Gasteiger partial charge in [-0.3, -0.25) is 0 Å². The molecule has 0 saturated heterocycles. The van der Waals surface area contributed by atoms with Crippen LogP contribution in [0, 0.1) is 5.92 Å². The molecule has 1 aromatic rings. The van der Waals surface area contributed by atoms with E-state index in [2.05, 4.69) is 38.1 Å². The number of fused-ring (bicyclic) bond motifs is 1. The third-order valence-electron chi connectivity index (χ3n) is 3.76. The first-order valence-electron chi connectivity index (χ1n) is 6.46.